The van der Waals surface area contributed by atoms with Gasteiger partial charge in [0.05, 0.1) is 7.11 Å². The van der Waals surface area contributed by atoms with Gasteiger partial charge in [0.25, 0.3) is 5.56 Å². The second kappa shape index (κ2) is 7.42. The van der Waals surface area contributed by atoms with Crippen molar-refractivity contribution in [3.63, 3.8) is 0 Å². The molecule has 0 aromatic carbocycles. The fourth-order valence-electron chi connectivity index (χ4n) is 2.93. The SMILES string of the molecule is COC(=O)C(CC1CCOCC1)n1c(C)c(C)c(Br)cc1=O. The van der Waals surface area contributed by atoms with Crippen LogP contribution in [-0.4, -0.2) is 30.9 Å². The van der Waals surface area contributed by atoms with Crippen LogP contribution in [0.25, 0.3) is 0 Å². The van der Waals surface area contributed by atoms with Crippen molar-refractivity contribution in [3.8, 4) is 0 Å². The van der Waals surface area contributed by atoms with Crippen LogP contribution in [0, 0.1) is 19.8 Å². The summed E-state index contributed by atoms with van der Waals surface area (Å²) >= 11 is 3.39. The number of carbonyl (C=O) groups is 1. The highest BCUT2D eigenvalue weighted by Gasteiger charge is 2.29. The van der Waals surface area contributed by atoms with Crippen LogP contribution in [0.5, 0.6) is 0 Å². The Labute approximate surface area is 138 Å². The molecule has 0 saturated carbocycles. The maximum absolute atomic E-state index is 12.4. The minimum absolute atomic E-state index is 0.183. The van der Waals surface area contributed by atoms with Gasteiger partial charge in [0.1, 0.15) is 6.04 Å². The lowest BCUT2D eigenvalue weighted by Gasteiger charge is -2.28. The van der Waals surface area contributed by atoms with E-state index >= 15 is 0 Å². The fraction of sp³-hybridized carbons (Fsp3) is 0.625. The monoisotopic (exact) mass is 371 g/mol. The van der Waals surface area contributed by atoms with E-state index in [0.29, 0.717) is 25.6 Å². The van der Waals surface area contributed by atoms with Gasteiger partial charge in [-0.1, -0.05) is 15.9 Å². The van der Waals surface area contributed by atoms with Crippen molar-refractivity contribution in [1.29, 1.82) is 0 Å². The van der Waals surface area contributed by atoms with E-state index in [4.69, 9.17) is 9.47 Å². The zero-order valence-electron chi connectivity index (χ0n) is 13.2. The Morgan fingerprint density at radius 2 is 2.09 bits per heavy atom. The molecule has 0 radical (unpaired) electrons. The standard InChI is InChI=1S/C16H22BrNO4/c1-10-11(2)18(15(19)9-13(10)17)14(16(20)21-3)8-12-4-6-22-7-5-12/h9,12,14H,4-8H2,1-3H3. The topological polar surface area (TPSA) is 57.5 Å². The van der Waals surface area contributed by atoms with Gasteiger partial charge in [-0.15, -0.1) is 0 Å². The predicted molar refractivity (Wildman–Crippen MR) is 87.1 cm³/mol. The Morgan fingerprint density at radius 1 is 1.45 bits per heavy atom. The molecule has 122 valence electrons. The number of ether oxygens (including phenoxy) is 2. The van der Waals surface area contributed by atoms with Crippen LogP contribution < -0.4 is 5.56 Å². The van der Waals surface area contributed by atoms with Crippen LogP contribution in [0.2, 0.25) is 0 Å². The molecule has 2 heterocycles. The van der Waals surface area contributed by atoms with Crippen molar-refractivity contribution in [2.75, 3.05) is 20.3 Å². The molecule has 1 saturated heterocycles. The molecular weight excluding hydrogens is 350 g/mol. The van der Waals surface area contributed by atoms with Gasteiger partial charge in [-0.3, -0.25) is 9.36 Å². The molecule has 22 heavy (non-hydrogen) atoms. The van der Waals surface area contributed by atoms with Gasteiger partial charge in [0.15, 0.2) is 0 Å². The number of pyridine rings is 1. The molecule has 0 aliphatic carbocycles. The Morgan fingerprint density at radius 3 is 2.68 bits per heavy atom. The van der Waals surface area contributed by atoms with Gasteiger partial charge in [-0.05, 0) is 44.6 Å². The molecule has 5 nitrogen and oxygen atoms in total. The Hall–Kier alpha value is -1.14. The Kier molecular flexibility index (Phi) is 5.81. The predicted octanol–water partition coefficient (Wildman–Crippen LogP) is 2.76. The number of esters is 1. The molecule has 0 bridgehead atoms. The largest absolute Gasteiger partial charge is 0.467 e. The first-order valence-electron chi connectivity index (χ1n) is 7.49. The van der Waals surface area contributed by atoms with Gasteiger partial charge in [0, 0.05) is 29.4 Å². The second-order valence-corrected chi connectivity index (χ2v) is 6.60. The molecule has 1 unspecified atom stereocenters. The number of aromatic nitrogens is 1. The first-order chi connectivity index (χ1) is 10.5. The Balaban J connectivity index is 2.39. The molecule has 0 amide bonds. The fourth-order valence-corrected chi connectivity index (χ4v) is 3.42. The third-order valence-electron chi connectivity index (χ3n) is 4.43. The molecule has 0 spiro atoms. The first-order valence-corrected chi connectivity index (χ1v) is 8.28. The van der Waals surface area contributed by atoms with Gasteiger partial charge < -0.3 is 9.47 Å². The number of hydrogen-bond donors (Lipinski definition) is 0. The van der Waals surface area contributed by atoms with E-state index in [1.807, 2.05) is 13.8 Å². The maximum Gasteiger partial charge on any atom is 0.328 e. The van der Waals surface area contributed by atoms with Gasteiger partial charge in [0.2, 0.25) is 0 Å². The molecule has 1 aliphatic rings. The maximum atomic E-state index is 12.4. The minimum atomic E-state index is -0.576. The highest BCUT2D eigenvalue weighted by Crippen LogP contribution is 2.28. The third kappa shape index (κ3) is 3.60. The molecular formula is C16H22BrNO4. The molecule has 1 aliphatic heterocycles. The zero-order chi connectivity index (χ0) is 16.3. The third-order valence-corrected chi connectivity index (χ3v) is 5.26. The molecule has 1 atom stereocenters. The molecule has 6 heteroatoms. The highest BCUT2D eigenvalue weighted by molar-refractivity contribution is 9.10. The van der Waals surface area contributed by atoms with E-state index in [-0.39, 0.29) is 11.5 Å². The smallest absolute Gasteiger partial charge is 0.328 e. The summed E-state index contributed by atoms with van der Waals surface area (Å²) in [6.07, 6.45) is 2.44. The first kappa shape index (κ1) is 17.2. The number of nitrogens with zero attached hydrogens (tertiary/aromatic N) is 1. The van der Waals surface area contributed by atoms with Crippen molar-refractivity contribution in [2.45, 2.75) is 39.2 Å². The summed E-state index contributed by atoms with van der Waals surface area (Å²) in [6, 6.07) is 0.940. The van der Waals surface area contributed by atoms with Crippen LogP contribution in [0.3, 0.4) is 0 Å². The van der Waals surface area contributed by atoms with Crippen molar-refractivity contribution in [1.82, 2.24) is 4.57 Å². The summed E-state index contributed by atoms with van der Waals surface area (Å²) in [6.45, 7) is 5.22. The zero-order valence-corrected chi connectivity index (χ0v) is 14.8. The van der Waals surface area contributed by atoms with E-state index in [2.05, 4.69) is 15.9 Å². The number of carbonyl (C=O) groups excluding carboxylic acids is 1. The van der Waals surface area contributed by atoms with Crippen molar-refractivity contribution in [3.05, 3.63) is 32.2 Å². The number of methoxy groups -OCH3 is 1. The molecule has 0 N–H and O–H groups in total. The lowest BCUT2D eigenvalue weighted by atomic mass is 9.92. The molecule has 1 aromatic heterocycles. The number of rotatable bonds is 4. The van der Waals surface area contributed by atoms with Crippen molar-refractivity contribution in [2.24, 2.45) is 5.92 Å². The van der Waals surface area contributed by atoms with E-state index in [1.54, 1.807) is 4.57 Å². The summed E-state index contributed by atoms with van der Waals surface area (Å²) in [4.78, 5) is 24.7. The molecule has 2 rings (SSSR count). The summed E-state index contributed by atoms with van der Waals surface area (Å²) in [7, 11) is 1.37. The second-order valence-electron chi connectivity index (χ2n) is 5.74. The van der Waals surface area contributed by atoms with E-state index in [9.17, 15) is 9.59 Å². The highest BCUT2D eigenvalue weighted by atomic mass is 79.9. The summed E-state index contributed by atoms with van der Waals surface area (Å²) in [5.74, 6) is 0.00603. The van der Waals surface area contributed by atoms with Gasteiger partial charge in [-0.2, -0.15) is 0 Å². The molecule has 1 fully saturated rings. The number of halogens is 1. The lowest BCUT2D eigenvalue weighted by molar-refractivity contribution is -0.145. The Bertz CT molecular complexity index is 605. The average molecular weight is 372 g/mol. The quantitative estimate of drug-likeness (QED) is 0.763. The normalized spacial score (nSPS) is 17.3. The van der Waals surface area contributed by atoms with E-state index in [1.165, 1.54) is 13.2 Å². The van der Waals surface area contributed by atoms with Crippen LogP contribution in [0.1, 0.15) is 36.6 Å². The summed E-state index contributed by atoms with van der Waals surface area (Å²) < 4.78 is 12.6. The summed E-state index contributed by atoms with van der Waals surface area (Å²) in [5.41, 5.74) is 1.57. The summed E-state index contributed by atoms with van der Waals surface area (Å²) in [5, 5.41) is 0. The van der Waals surface area contributed by atoms with Gasteiger partial charge in [-0.25, -0.2) is 4.79 Å². The van der Waals surface area contributed by atoms with Crippen LogP contribution in [-0.2, 0) is 14.3 Å². The van der Waals surface area contributed by atoms with Gasteiger partial charge >= 0.3 is 5.97 Å². The van der Waals surface area contributed by atoms with E-state index in [0.717, 1.165) is 28.6 Å². The van der Waals surface area contributed by atoms with Crippen molar-refractivity contribution < 1.29 is 14.3 Å². The van der Waals surface area contributed by atoms with E-state index < -0.39 is 6.04 Å². The average Bonchev–Trinajstić information content (AvgIpc) is 2.52. The van der Waals surface area contributed by atoms with Crippen LogP contribution in [0.15, 0.2) is 15.3 Å². The van der Waals surface area contributed by atoms with Crippen LogP contribution in [0.4, 0.5) is 0 Å². The van der Waals surface area contributed by atoms with Crippen molar-refractivity contribution >= 4 is 21.9 Å². The minimum Gasteiger partial charge on any atom is -0.467 e. The van der Waals surface area contributed by atoms with Crippen LogP contribution >= 0.6 is 15.9 Å². The number of hydrogen-bond acceptors (Lipinski definition) is 4. The molecule has 1 aromatic rings. The lowest BCUT2D eigenvalue weighted by Crippen LogP contribution is -2.34.